The fourth-order valence-electron chi connectivity index (χ4n) is 1.18. The van der Waals surface area contributed by atoms with Crippen molar-refractivity contribution in [1.29, 1.82) is 0 Å². The van der Waals surface area contributed by atoms with Crippen LogP contribution in [0.5, 0.6) is 0 Å². The van der Waals surface area contributed by atoms with Crippen LogP contribution in [0.15, 0.2) is 17.5 Å². The molecule has 2 aromatic heterocycles. The second kappa shape index (κ2) is 3.81. The van der Waals surface area contributed by atoms with Crippen LogP contribution in [0.4, 0.5) is 5.82 Å². The molecular formula is C8H10ClN3S. The number of hydrogen-bond donors (Lipinski definition) is 2. The number of thiophene rings is 1. The molecule has 0 amide bonds. The first-order chi connectivity index (χ1) is 5.79. The topological polar surface area (TPSA) is 54.7 Å². The highest BCUT2D eigenvalue weighted by molar-refractivity contribution is 7.13. The largest absolute Gasteiger partial charge is 0.382 e. The average Bonchev–Trinajstić information content (AvgIpc) is 2.61. The van der Waals surface area contributed by atoms with Gasteiger partial charge in [-0.05, 0) is 18.4 Å². The van der Waals surface area contributed by atoms with Crippen LogP contribution in [0.25, 0.3) is 10.4 Å². The number of hydrogen-bond acceptors (Lipinski definition) is 3. The lowest BCUT2D eigenvalue weighted by molar-refractivity contribution is 1.05. The Morgan fingerprint density at radius 2 is 2.31 bits per heavy atom. The molecule has 0 spiro atoms. The SMILES string of the molecule is Cc1[nH]nc(N)c1-c1cccs1.Cl. The maximum Gasteiger partial charge on any atom is 0.154 e. The number of nitrogens with zero attached hydrogens (tertiary/aromatic N) is 1. The molecule has 0 bridgehead atoms. The van der Waals surface area contributed by atoms with Gasteiger partial charge in [-0.3, -0.25) is 5.10 Å². The molecule has 0 aromatic carbocycles. The Balaban J connectivity index is 0.000000845. The van der Waals surface area contributed by atoms with E-state index in [1.807, 2.05) is 24.4 Å². The molecule has 5 heteroatoms. The first-order valence-corrected chi connectivity index (χ1v) is 4.51. The molecule has 3 nitrogen and oxygen atoms in total. The van der Waals surface area contributed by atoms with Gasteiger partial charge in [0.1, 0.15) is 0 Å². The smallest absolute Gasteiger partial charge is 0.154 e. The van der Waals surface area contributed by atoms with Gasteiger partial charge in [0.15, 0.2) is 5.82 Å². The van der Waals surface area contributed by atoms with E-state index in [0.29, 0.717) is 5.82 Å². The van der Waals surface area contributed by atoms with E-state index >= 15 is 0 Å². The third kappa shape index (κ3) is 1.68. The monoisotopic (exact) mass is 215 g/mol. The number of aromatic amines is 1. The van der Waals surface area contributed by atoms with Gasteiger partial charge in [0.05, 0.1) is 5.56 Å². The molecule has 0 atom stereocenters. The minimum atomic E-state index is 0. The molecule has 70 valence electrons. The van der Waals surface area contributed by atoms with Crippen molar-refractivity contribution in [2.75, 3.05) is 5.73 Å². The minimum absolute atomic E-state index is 0. The Kier molecular flexibility index (Phi) is 2.95. The highest BCUT2D eigenvalue weighted by atomic mass is 35.5. The molecule has 3 N–H and O–H groups in total. The fraction of sp³-hybridized carbons (Fsp3) is 0.125. The Labute approximate surface area is 86.4 Å². The van der Waals surface area contributed by atoms with Crippen molar-refractivity contribution in [2.45, 2.75) is 6.92 Å². The first kappa shape index (κ1) is 10.1. The zero-order valence-electron chi connectivity index (χ0n) is 7.07. The van der Waals surface area contributed by atoms with E-state index in [1.54, 1.807) is 11.3 Å². The van der Waals surface area contributed by atoms with Crippen LogP contribution in [-0.4, -0.2) is 10.2 Å². The summed E-state index contributed by atoms with van der Waals surface area (Å²) in [6.45, 7) is 1.97. The number of aryl methyl sites for hydroxylation is 1. The predicted octanol–water partition coefficient (Wildman–Crippen LogP) is 2.45. The lowest BCUT2D eigenvalue weighted by Crippen LogP contribution is -1.86. The molecule has 0 saturated heterocycles. The number of halogens is 1. The van der Waals surface area contributed by atoms with Crippen molar-refractivity contribution in [3.8, 4) is 10.4 Å². The molecule has 13 heavy (non-hydrogen) atoms. The van der Waals surface area contributed by atoms with Crippen molar-refractivity contribution in [1.82, 2.24) is 10.2 Å². The zero-order valence-corrected chi connectivity index (χ0v) is 8.71. The van der Waals surface area contributed by atoms with Crippen LogP contribution in [0.3, 0.4) is 0 Å². The van der Waals surface area contributed by atoms with E-state index in [4.69, 9.17) is 5.73 Å². The van der Waals surface area contributed by atoms with Crippen LogP contribution >= 0.6 is 23.7 Å². The lowest BCUT2D eigenvalue weighted by atomic mass is 10.2. The lowest BCUT2D eigenvalue weighted by Gasteiger charge is -1.94. The number of aromatic nitrogens is 2. The molecule has 0 fully saturated rings. The molecule has 0 radical (unpaired) electrons. The van der Waals surface area contributed by atoms with Crippen molar-refractivity contribution in [3.63, 3.8) is 0 Å². The molecule has 0 aliphatic rings. The minimum Gasteiger partial charge on any atom is -0.382 e. The summed E-state index contributed by atoms with van der Waals surface area (Å²) in [7, 11) is 0. The van der Waals surface area contributed by atoms with Crippen LogP contribution in [0.2, 0.25) is 0 Å². The first-order valence-electron chi connectivity index (χ1n) is 3.63. The van der Waals surface area contributed by atoms with Gasteiger partial charge in [-0.25, -0.2) is 0 Å². The summed E-state index contributed by atoms with van der Waals surface area (Å²) in [6, 6.07) is 4.05. The molecule has 0 aliphatic carbocycles. The number of rotatable bonds is 1. The summed E-state index contributed by atoms with van der Waals surface area (Å²) >= 11 is 1.67. The van der Waals surface area contributed by atoms with Crippen LogP contribution < -0.4 is 5.73 Å². The summed E-state index contributed by atoms with van der Waals surface area (Å²) in [6.07, 6.45) is 0. The van der Waals surface area contributed by atoms with E-state index < -0.39 is 0 Å². The molecule has 0 aliphatic heterocycles. The highest BCUT2D eigenvalue weighted by Gasteiger charge is 2.09. The number of nitrogen functional groups attached to an aromatic ring is 1. The highest BCUT2D eigenvalue weighted by Crippen LogP contribution is 2.30. The Morgan fingerprint density at radius 3 is 2.77 bits per heavy atom. The van der Waals surface area contributed by atoms with Gasteiger partial charge < -0.3 is 5.73 Å². The maximum atomic E-state index is 5.70. The van der Waals surface area contributed by atoms with Crippen molar-refractivity contribution in [3.05, 3.63) is 23.2 Å². The van der Waals surface area contributed by atoms with Crippen molar-refractivity contribution >= 4 is 29.6 Å². The summed E-state index contributed by atoms with van der Waals surface area (Å²) in [5, 5.41) is 8.82. The van der Waals surface area contributed by atoms with Crippen molar-refractivity contribution in [2.24, 2.45) is 0 Å². The van der Waals surface area contributed by atoms with E-state index in [9.17, 15) is 0 Å². The third-order valence-electron chi connectivity index (χ3n) is 1.74. The van der Waals surface area contributed by atoms with Gasteiger partial charge in [-0.1, -0.05) is 6.07 Å². The van der Waals surface area contributed by atoms with Gasteiger partial charge in [0.2, 0.25) is 0 Å². The van der Waals surface area contributed by atoms with Crippen LogP contribution in [0, 0.1) is 6.92 Å². The van der Waals surface area contributed by atoms with Gasteiger partial charge in [-0.15, -0.1) is 23.7 Å². The molecular weight excluding hydrogens is 206 g/mol. The second-order valence-corrected chi connectivity index (χ2v) is 3.53. The maximum absolute atomic E-state index is 5.70. The average molecular weight is 216 g/mol. The normalized spacial score (nSPS) is 9.62. The third-order valence-corrected chi connectivity index (χ3v) is 2.63. The molecule has 2 aromatic rings. The van der Waals surface area contributed by atoms with Crippen LogP contribution in [0.1, 0.15) is 5.69 Å². The van der Waals surface area contributed by atoms with Gasteiger partial charge in [0, 0.05) is 10.6 Å². The van der Waals surface area contributed by atoms with Gasteiger partial charge >= 0.3 is 0 Å². The molecule has 0 unspecified atom stereocenters. The number of H-pyrrole nitrogens is 1. The van der Waals surface area contributed by atoms with Crippen LogP contribution in [-0.2, 0) is 0 Å². The number of nitrogens with one attached hydrogen (secondary N) is 1. The number of anilines is 1. The Morgan fingerprint density at radius 1 is 1.54 bits per heavy atom. The molecule has 2 rings (SSSR count). The van der Waals surface area contributed by atoms with E-state index in [-0.39, 0.29) is 12.4 Å². The molecule has 0 saturated carbocycles. The van der Waals surface area contributed by atoms with Crippen molar-refractivity contribution < 1.29 is 0 Å². The Bertz CT molecular complexity index is 361. The van der Waals surface area contributed by atoms with Gasteiger partial charge in [-0.2, -0.15) is 5.10 Å². The zero-order chi connectivity index (χ0) is 8.55. The second-order valence-electron chi connectivity index (χ2n) is 2.59. The number of nitrogens with two attached hydrogens (primary N) is 1. The molecule has 2 heterocycles. The summed E-state index contributed by atoms with van der Waals surface area (Å²) < 4.78 is 0. The Hall–Kier alpha value is -1.000. The van der Waals surface area contributed by atoms with Gasteiger partial charge in [0.25, 0.3) is 0 Å². The fourth-order valence-corrected chi connectivity index (χ4v) is 2.02. The quantitative estimate of drug-likeness (QED) is 0.768. The van der Waals surface area contributed by atoms with E-state index in [1.165, 1.54) is 4.88 Å². The van der Waals surface area contributed by atoms with E-state index in [2.05, 4.69) is 10.2 Å². The predicted molar refractivity (Wildman–Crippen MR) is 58.3 cm³/mol. The standard InChI is InChI=1S/C8H9N3S.ClH/c1-5-7(8(9)11-10-5)6-3-2-4-12-6;/h2-4H,1H3,(H3,9,10,11);1H. The summed E-state index contributed by atoms with van der Waals surface area (Å²) in [4.78, 5) is 1.17. The summed E-state index contributed by atoms with van der Waals surface area (Å²) in [5.41, 5.74) is 7.75. The van der Waals surface area contributed by atoms with E-state index in [0.717, 1.165) is 11.3 Å². The summed E-state index contributed by atoms with van der Waals surface area (Å²) in [5.74, 6) is 0.579.